The van der Waals surface area contributed by atoms with Crippen molar-refractivity contribution < 1.29 is 0 Å². The van der Waals surface area contributed by atoms with Gasteiger partial charge in [-0.2, -0.15) is 0 Å². The van der Waals surface area contributed by atoms with E-state index >= 15 is 0 Å². The minimum absolute atomic E-state index is 0.0928. The number of hydrogen-bond donors (Lipinski definition) is 0. The van der Waals surface area contributed by atoms with Crippen LogP contribution in [0.15, 0.2) is 206 Å². The molecule has 1 heterocycles. The molecule has 65 heavy (non-hydrogen) atoms. The van der Waals surface area contributed by atoms with Gasteiger partial charge >= 0.3 is 0 Å². The number of rotatable bonds is 6. The molecule has 1 aromatic heterocycles. The molecule has 13 rings (SSSR count). The Kier molecular flexibility index (Phi) is 8.20. The van der Waals surface area contributed by atoms with Crippen LogP contribution in [-0.2, 0) is 10.8 Å². The lowest BCUT2D eigenvalue weighted by atomic mass is 9.82. The van der Waals surface area contributed by atoms with Crippen molar-refractivity contribution in [2.45, 2.75) is 38.5 Å². The second kappa shape index (κ2) is 14.0. The van der Waals surface area contributed by atoms with Crippen LogP contribution in [0.5, 0.6) is 0 Å². The lowest BCUT2D eigenvalue weighted by molar-refractivity contribution is 0.660. The van der Waals surface area contributed by atoms with Crippen LogP contribution in [0.2, 0.25) is 0 Å². The van der Waals surface area contributed by atoms with Gasteiger partial charge in [0.25, 0.3) is 0 Å². The third kappa shape index (κ3) is 5.58. The molecule has 11 aromatic rings. The fraction of sp³-hybridized carbons (Fsp3) is 0.0968. The number of para-hydroxylation sites is 2. The Labute approximate surface area is 384 Å². The molecule has 0 radical (unpaired) electrons. The van der Waals surface area contributed by atoms with E-state index in [0.29, 0.717) is 0 Å². The van der Waals surface area contributed by atoms with Gasteiger partial charge in [0.05, 0.1) is 0 Å². The first-order valence-corrected chi connectivity index (χ1v) is 23.6. The summed E-state index contributed by atoms with van der Waals surface area (Å²) in [4.78, 5) is 4.87. The zero-order valence-electron chi connectivity index (χ0n) is 36.9. The van der Waals surface area contributed by atoms with E-state index in [1.807, 2.05) is 11.3 Å². The molecule has 0 unspecified atom stereocenters. The number of fused-ring (bicyclic) bond motifs is 14. The zero-order valence-corrected chi connectivity index (χ0v) is 37.7. The second-order valence-electron chi connectivity index (χ2n) is 18.9. The van der Waals surface area contributed by atoms with E-state index in [4.69, 9.17) is 0 Å². The Balaban J connectivity index is 0.974. The minimum Gasteiger partial charge on any atom is -0.310 e. The van der Waals surface area contributed by atoms with Crippen LogP contribution in [0.4, 0.5) is 34.1 Å². The maximum Gasteiger partial charge on any atom is 0.0476 e. The summed E-state index contributed by atoms with van der Waals surface area (Å²) in [5.41, 5.74) is 17.6. The van der Waals surface area contributed by atoms with Crippen LogP contribution >= 0.6 is 11.3 Å². The third-order valence-corrected chi connectivity index (χ3v) is 15.8. The quantitative estimate of drug-likeness (QED) is 0.154. The molecule has 0 spiro atoms. The normalized spacial score (nSPS) is 14.1. The van der Waals surface area contributed by atoms with Gasteiger partial charge in [-0.15, -0.1) is 11.3 Å². The number of nitrogens with zero attached hydrogens (tertiary/aromatic N) is 2. The first-order valence-electron chi connectivity index (χ1n) is 22.8. The van der Waals surface area contributed by atoms with Gasteiger partial charge in [-0.3, -0.25) is 0 Å². The fourth-order valence-corrected chi connectivity index (χ4v) is 12.7. The van der Waals surface area contributed by atoms with Gasteiger partial charge in [0.2, 0.25) is 0 Å². The highest BCUT2D eigenvalue weighted by molar-refractivity contribution is 7.27. The number of benzene rings is 10. The van der Waals surface area contributed by atoms with E-state index in [2.05, 4.69) is 244 Å². The van der Waals surface area contributed by atoms with Crippen LogP contribution in [0, 0.1) is 0 Å². The number of thiophene rings is 1. The Hall–Kier alpha value is -7.46. The summed E-state index contributed by atoms with van der Waals surface area (Å²) < 4.78 is 2.60. The molecule has 0 saturated carbocycles. The topological polar surface area (TPSA) is 6.48 Å². The molecule has 0 bridgehead atoms. The number of anilines is 6. The third-order valence-electron chi connectivity index (χ3n) is 14.6. The standard InChI is InChI=1S/C62H46N2S/c1-61(2)54-25-15-13-22-46(54)48-31-27-42(36-56(48)61)63(39-17-7-5-8-18-39)41-29-33-51-53(35-41)45-21-11-12-24-50(45)59-52-34-30-44(38-58(52)65-60(51)59)64(40-19-9-6-10-20-40)43-28-32-49-47-23-14-16-26-55(47)62(3,4)57(49)37-43/h5-38H,1-4H3. The van der Waals surface area contributed by atoms with Crippen molar-refractivity contribution >= 4 is 87.2 Å². The first-order chi connectivity index (χ1) is 31.8. The molecular weight excluding hydrogens is 805 g/mol. The second-order valence-corrected chi connectivity index (χ2v) is 20.0. The molecule has 310 valence electrons. The summed E-state index contributed by atoms with van der Waals surface area (Å²) in [7, 11) is 0. The van der Waals surface area contributed by atoms with Gasteiger partial charge in [0.1, 0.15) is 0 Å². The van der Waals surface area contributed by atoms with Gasteiger partial charge in [0.15, 0.2) is 0 Å². The Morgan fingerprint density at radius 1 is 0.308 bits per heavy atom. The average molecular weight is 851 g/mol. The van der Waals surface area contributed by atoms with E-state index in [0.717, 1.165) is 28.4 Å². The molecule has 2 aliphatic rings. The van der Waals surface area contributed by atoms with Crippen molar-refractivity contribution in [3.05, 3.63) is 229 Å². The van der Waals surface area contributed by atoms with Crippen molar-refractivity contribution in [1.82, 2.24) is 0 Å². The summed E-state index contributed by atoms with van der Waals surface area (Å²) >= 11 is 1.91. The maximum absolute atomic E-state index is 2.44. The summed E-state index contributed by atoms with van der Waals surface area (Å²) in [6.07, 6.45) is 0. The summed E-state index contributed by atoms with van der Waals surface area (Å²) in [6, 6.07) is 76.9. The van der Waals surface area contributed by atoms with E-state index in [1.165, 1.54) is 91.9 Å². The molecule has 10 aromatic carbocycles. The summed E-state index contributed by atoms with van der Waals surface area (Å²) in [6.45, 7) is 9.45. The highest BCUT2D eigenvalue weighted by Crippen LogP contribution is 2.53. The van der Waals surface area contributed by atoms with Crippen LogP contribution in [0.1, 0.15) is 49.9 Å². The average Bonchev–Trinajstić information content (AvgIpc) is 3.92. The highest BCUT2D eigenvalue weighted by atomic mass is 32.1. The molecule has 0 aliphatic heterocycles. The Morgan fingerprint density at radius 3 is 1.31 bits per heavy atom. The molecule has 0 N–H and O–H groups in total. The summed E-state index contributed by atoms with van der Waals surface area (Å²) in [5, 5.41) is 7.73. The molecule has 0 amide bonds. The van der Waals surface area contributed by atoms with Gasteiger partial charge in [-0.05, 0) is 133 Å². The van der Waals surface area contributed by atoms with Crippen molar-refractivity contribution in [3.63, 3.8) is 0 Å². The Bertz CT molecular complexity index is 3730. The minimum atomic E-state index is -0.0979. The lowest BCUT2D eigenvalue weighted by Crippen LogP contribution is -2.16. The molecule has 2 aliphatic carbocycles. The van der Waals surface area contributed by atoms with Crippen LogP contribution < -0.4 is 9.80 Å². The van der Waals surface area contributed by atoms with Crippen LogP contribution in [-0.4, -0.2) is 0 Å². The SMILES string of the molecule is CC1(C)c2ccccc2-c2ccc(N(c3ccccc3)c3ccc4c(c3)sc3c5ccc(N(c6ccccc6)c6ccc7c(c6)C(C)(C)c6ccccc6-7)cc5c5ccccc5c43)cc21. The van der Waals surface area contributed by atoms with E-state index < -0.39 is 0 Å². The van der Waals surface area contributed by atoms with Crippen molar-refractivity contribution in [2.75, 3.05) is 9.80 Å². The van der Waals surface area contributed by atoms with Gasteiger partial charge < -0.3 is 9.80 Å². The molecular formula is C62H46N2S. The van der Waals surface area contributed by atoms with E-state index in [9.17, 15) is 0 Å². The fourth-order valence-electron chi connectivity index (χ4n) is 11.4. The van der Waals surface area contributed by atoms with Crippen molar-refractivity contribution in [2.24, 2.45) is 0 Å². The molecule has 0 fully saturated rings. The van der Waals surface area contributed by atoms with Crippen LogP contribution in [0.3, 0.4) is 0 Å². The lowest BCUT2D eigenvalue weighted by Gasteiger charge is -2.28. The monoisotopic (exact) mass is 850 g/mol. The predicted molar refractivity (Wildman–Crippen MR) is 279 cm³/mol. The van der Waals surface area contributed by atoms with Gasteiger partial charge in [0, 0.05) is 70.5 Å². The first kappa shape index (κ1) is 38.0. The van der Waals surface area contributed by atoms with Gasteiger partial charge in [-0.1, -0.05) is 161 Å². The molecule has 0 atom stereocenters. The zero-order chi connectivity index (χ0) is 43.6. The molecule has 0 saturated heterocycles. The maximum atomic E-state index is 2.44. The predicted octanol–water partition coefficient (Wildman–Crippen LogP) is 17.9. The summed E-state index contributed by atoms with van der Waals surface area (Å²) in [5.74, 6) is 0. The van der Waals surface area contributed by atoms with E-state index in [-0.39, 0.29) is 10.8 Å². The number of hydrogen-bond acceptors (Lipinski definition) is 3. The molecule has 3 heteroatoms. The van der Waals surface area contributed by atoms with Gasteiger partial charge in [-0.25, -0.2) is 0 Å². The van der Waals surface area contributed by atoms with Crippen LogP contribution in [0.25, 0.3) is 64.0 Å². The van der Waals surface area contributed by atoms with E-state index in [1.54, 1.807) is 0 Å². The van der Waals surface area contributed by atoms with Crippen molar-refractivity contribution in [1.29, 1.82) is 0 Å². The molecule has 2 nitrogen and oxygen atoms in total. The Morgan fingerprint density at radius 2 is 0.738 bits per heavy atom. The highest BCUT2D eigenvalue weighted by Gasteiger charge is 2.37. The van der Waals surface area contributed by atoms with Crippen molar-refractivity contribution in [3.8, 4) is 22.3 Å². The largest absolute Gasteiger partial charge is 0.310 e. The smallest absolute Gasteiger partial charge is 0.0476 e.